The standard InChI is InChI=1S/C29H58O9/c1-5-9-13-17-31-25-27(33-19-15-11-7-3)35-21-23-37-29(30)38-24-22-36-28(34-20-16-12-8-4)26-32-18-14-10-6-2/h27-28H,5-26H2,1-4H3. The zero-order valence-electron chi connectivity index (χ0n) is 24.9. The molecule has 0 aliphatic heterocycles. The average Bonchev–Trinajstić information content (AvgIpc) is 2.92. The molecule has 0 radical (unpaired) electrons. The van der Waals surface area contributed by atoms with Crippen molar-refractivity contribution in [3.63, 3.8) is 0 Å². The van der Waals surface area contributed by atoms with Gasteiger partial charge in [0.15, 0.2) is 12.6 Å². The van der Waals surface area contributed by atoms with Gasteiger partial charge in [0.1, 0.15) is 13.2 Å². The predicted molar refractivity (Wildman–Crippen MR) is 148 cm³/mol. The Morgan fingerprint density at radius 2 is 0.789 bits per heavy atom. The van der Waals surface area contributed by atoms with Crippen LogP contribution in [0, 0.1) is 0 Å². The molecule has 0 rings (SSSR count). The maximum absolute atomic E-state index is 11.9. The molecule has 0 heterocycles. The van der Waals surface area contributed by atoms with Crippen molar-refractivity contribution in [3.05, 3.63) is 0 Å². The van der Waals surface area contributed by atoms with Crippen LogP contribution in [0.1, 0.15) is 105 Å². The minimum absolute atomic E-state index is 0.0686. The summed E-state index contributed by atoms with van der Waals surface area (Å²) >= 11 is 0. The molecule has 9 heteroatoms. The molecule has 0 aromatic carbocycles. The summed E-state index contributed by atoms with van der Waals surface area (Å²) in [5.74, 6) is 0. The molecule has 2 atom stereocenters. The molecule has 0 saturated heterocycles. The van der Waals surface area contributed by atoms with Crippen molar-refractivity contribution in [2.45, 2.75) is 117 Å². The van der Waals surface area contributed by atoms with Gasteiger partial charge < -0.3 is 37.9 Å². The molecule has 0 aliphatic rings. The molecular formula is C29H58O9. The number of carbonyl (C=O) groups excluding carboxylic acids is 1. The highest BCUT2D eigenvalue weighted by atomic mass is 16.7. The first-order valence-corrected chi connectivity index (χ1v) is 15.1. The van der Waals surface area contributed by atoms with Gasteiger partial charge in [-0.3, -0.25) is 0 Å². The van der Waals surface area contributed by atoms with Crippen LogP contribution < -0.4 is 0 Å². The third-order valence-electron chi connectivity index (χ3n) is 5.61. The van der Waals surface area contributed by atoms with Crippen molar-refractivity contribution in [3.8, 4) is 0 Å². The van der Waals surface area contributed by atoms with E-state index in [2.05, 4.69) is 27.7 Å². The number of unbranched alkanes of at least 4 members (excludes halogenated alkanes) is 8. The number of rotatable bonds is 30. The van der Waals surface area contributed by atoms with Crippen molar-refractivity contribution in [1.29, 1.82) is 0 Å². The minimum atomic E-state index is -0.760. The summed E-state index contributed by atoms with van der Waals surface area (Å²) in [4.78, 5) is 11.9. The Labute approximate surface area is 232 Å². The van der Waals surface area contributed by atoms with Gasteiger partial charge in [-0.05, 0) is 25.7 Å². The summed E-state index contributed by atoms with van der Waals surface area (Å²) in [6.07, 6.45) is 11.4. The van der Waals surface area contributed by atoms with Crippen molar-refractivity contribution < 1.29 is 42.7 Å². The van der Waals surface area contributed by atoms with Crippen LogP contribution in [0.25, 0.3) is 0 Å². The second kappa shape index (κ2) is 30.6. The normalized spacial score (nSPS) is 12.9. The number of carbonyl (C=O) groups is 1. The summed E-state index contributed by atoms with van der Waals surface area (Å²) in [6, 6.07) is 0. The van der Waals surface area contributed by atoms with E-state index in [4.69, 9.17) is 37.9 Å². The monoisotopic (exact) mass is 550 g/mol. The van der Waals surface area contributed by atoms with E-state index in [0.29, 0.717) is 39.6 Å². The lowest BCUT2D eigenvalue weighted by molar-refractivity contribution is -0.180. The smallest absolute Gasteiger partial charge is 0.432 e. The number of hydrogen-bond donors (Lipinski definition) is 0. The lowest BCUT2D eigenvalue weighted by Crippen LogP contribution is -2.27. The maximum atomic E-state index is 11.9. The molecular weight excluding hydrogens is 492 g/mol. The van der Waals surface area contributed by atoms with Gasteiger partial charge in [-0.15, -0.1) is 0 Å². The van der Waals surface area contributed by atoms with Crippen molar-refractivity contribution in [2.24, 2.45) is 0 Å². The zero-order chi connectivity index (χ0) is 27.9. The molecule has 0 saturated carbocycles. The third-order valence-corrected chi connectivity index (χ3v) is 5.61. The van der Waals surface area contributed by atoms with Gasteiger partial charge in [0.25, 0.3) is 0 Å². The molecule has 0 aromatic rings. The van der Waals surface area contributed by atoms with Crippen LogP contribution in [-0.2, 0) is 37.9 Å². The molecule has 38 heavy (non-hydrogen) atoms. The lowest BCUT2D eigenvalue weighted by atomic mass is 10.3. The van der Waals surface area contributed by atoms with Gasteiger partial charge in [0.05, 0.1) is 26.4 Å². The van der Waals surface area contributed by atoms with E-state index < -0.39 is 18.7 Å². The summed E-state index contributed by atoms with van der Waals surface area (Å²) in [5.41, 5.74) is 0. The van der Waals surface area contributed by atoms with Gasteiger partial charge in [-0.2, -0.15) is 0 Å². The van der Waals surface area contributed by atoms with E-state index in [1.54, 1.807) is 0 Å². The van der Waals surface area contributed by atoms with Crippen LogP contribution in [-0.4, -0.2) is 84.8 Å². The van der Waals surface area contributed by atoms with Gasteiger partial charge in [0.2, 0.25) is 0 Å². The van der Waals surface area contributed by atoms with Crippen LogP contribution in [0.3, 0.4) is 0 Å². The first-order chi connectivity index (χ1) is 18.7. The van der Waals surface area contributed by atoms with E-state index in [0.717, 1.165) is 77.0 Å². The van der Waals surface area contributed by atoms with Crippen molar-refractivity contribution in [1.82, 2.24) is 0 Å². The molecule has 2 unspecified atom stereocenters. The Bertz CT molecular complexity index is 439. The molecule has 0 N–H and O–H groups in total. The Balaban J connectivity index is 4.10. The van der Waals surface area contributed by atoms with Crippen molar-refractivity contribution >= 4 is 6.16 Å². The molecule has 228 valence electrons. The summed E-state index contributed by atoms with van der Waals surface area (Å²) in [7, 11) is 0. The van der Waals surface area contributed by atoms with Gasteiger partial charge >= 0.3 is 6.16 Å². The highest BCUT2D eigenvalue weighted by molar-refractivity contribution is 5.59. The largest absolute Gasteiger partial charge is 0.508 e. The second-order valence-electron chi connectivity index (χ2n) is 9.27. The third kappa shape index (κ3) is 26.6. The van der Waals surface area contributed by atoms with Crippen LogP contribution in [0.2, 0.25) is 0 Å². The molecule has 0 aromatic heterocycles. The fourth-order valence-corrected chi connectivity index (χ4v) is 3.34. The van der Waals surface area contributed by atoms with E-state index in [1.165, 1.54) is 0 Å². The molecule has 0 aliphatic carbocycles. The van der Waals surface area contributed by atoms with Gasteiger partial charge in [0, 0.05) is 26.4 Å². The Hall–Kier alpha value is -0.970. The molecule has 0 spiro atoms. The van der Waals surface area contributed by atoms with E-state index in [-0.39, 0.29) is 26.4 Å². The van der Waals surface area contributed by atoms with Crippen molar-refractivity contribution in [2.75, 3.05) is 66.1 Å². The van der Waals surface area contributed by atoms with Crippen LogP contribution >= 0.6 is 0 Å². The van der Waals surface area contributed by atoms with Gasteiger partial charge in [-0.25, -0.2) is 4.79 Å². The number of hydrogen-bond acceptors (Lipinski definition) is 9. The Morgan fingerprint density at radius 1 is 0.447 bits per heavy atom. The maximum Gasteiger partial charge on any atom is 0.508 e. The topological polar surface area (TPSA) is 90.9 Å². The Kier molecular flexibility index (Phi) is 29.8. The summed E-state index contributed by atoms with van der Waals surface area (Å²) in [5, 5.41) is 0. The van der Waals surface area contributed by atoms with E-state index >= 15 is 0 Å². The van der Waals surface area contributed by atoms with Gasteiger partial charge in [-0.1, -0.05) is 79.1 Å². The summed E-state index contributed by atoms with van der Waals surface area (Å²) < 4.78 is 44.6. The van der Waals surface area contributed by atoms with E-state index in [9.17, 15) is 4.79 Å². The number of ether oxygens (including phenoxy) is 8. The quantitative estimate of drug-likeness (QED) is 0.0553. The fourth-order valence-electron chi connectivity index (χ4n) is 3.34. The minimum Gasteiger partial charge on any atom is -0.432 e. The fraction of sp³-hybridized carbons (Fsp3) is 0.966. The summed E-state index contributed by atoms with van der Waals surface area (Å²) in [6.45, 7) is 12.5. The Morgan fingerprint density at radius 3 is 1.16 bits per heavy atom. The highest BCUT2D eigenvalue weighted by Gasteiger charge is 2.13. The SMILES string of the molecule is CCCCCOCC(OCCCCC)OCCOC(=O)OCCOC(COCCCCC)OCCCCC. The van der Waals surface area contributed by atoms with Crippen LogP contribution in [0.4, 0.5) is 4.79 Å². The van der Waals surface area contributed by atoms with Crippen LogP contribution in [0.15, 0.2) is 0 Å². The molecule has 0 bridgehead atoms. The first kappa shape index (κ1) is 37.0. The predicted octanol–water partition coefficient (Wildman–Crippen LogP) is 6.65. The van der Waals surface area contributed by atoms with Crippen LogP contribution in [0.5, 0.6) is 0 Å². The van der Waals surface area contributed by atoms with E-state index in [1.807, 2.05) is 0 Å². The second-order valence-corrected chi connectivity index (χ2v) is 9.27. The lowest BCUT2D eigenvalue weighted by Gasteiger charge is -2.19. The first-order valence-electron chi connectivity index (χ1n) is 15.1. The molecule has 0 fully saturated rings. The highest BCUT2D eigenvalue weighted by Crippen LogP contribution is 2.05. The zero-order valence-corrected chi connectivity index (χ0v) is 24.9. The molecule has 0 amide bonds. The average molecular weight is 551 g/mol. The molecule has 9 nitrogen and oxygen atoms in total.